The van der Waals surface area contributed by atoms with Gasteiger partial charge < -0.3 is 10.1 Å². The molecular formula is C16H25NO2. The molecule has 0 spiro atoms. The Hall–Kier alpha value is -1.35. The Labute approximate surface area is 116 Å². The summed E-state index contributed by atoms with van der Waals surface area (Å²) in [7, 11) is 1.44. The van der Waals surface area contributed by atoms with Crippen molar-refractivity contribution in [1.82, 2.24) is 5.32 Å². The molecule has 106 valence electrons. The van der Waals surface area contributed by atoms with E-state index >= 15 is 0 Å². The molecule has 19 heavy (non-hydrogen) atoms. The van der Waals surface area contributed by atoms with Gasteiger partial charge in [-0.15, -0.1) is 0 Å². The van der Waals surface area contributed by atoms with E-state index in [-0.39, 0.29) is 11.5 Å². The molecule has 3 nitrogen and oxygen atoms in total. The first-order chi connectivity index (χ1) is 9.11. The van der Waals surface area contributed by atoms with Gasteiger partial charge in [-0.2, -0.15) is 0 Å². The molecule has 1 N–H and O–H groups in total. The van der Waals surface area contributed by atoms with E-state index < -0.39 is 0 Å². The third kappa shape index (κ3) is 3.80. The smallest absolute Gasteiger partial charge is 0.307 e. The number of benzene rings is 1. The van der Waals surface area contributed by atoms with Crippen LogP contribution in [0, 0.1) is 0 Å². The Balaban J connectivity index is 3.08. The minimum absolute atomic E-state index is 0.178. The van der Waals surface area contributed by atoms with Crippen LogP contribution in [-0.4, -0.2) is 19.6 Å². The number of rotatable bonds is 7. The molecule has 0 aromatic heterocycles. The fourth-order valence-corrected chi connectivity index (χ4v) is 2.44. The molecular weight excluding hydrogens is 238 g/mol. The standard InChI is InChI=1S/C16H25NO2/c1-5-13-8-10-14(11-9-13)16(6-2,17-7-3)12-15(18)19-4/h8-11,17H,5-7,12H2,1-4H3. The minimum atomic E-state index is -0.325. The van der Waals surface area contributed by atoms with Crippen molar-refractivity contribution in [2.24, 2.45) is 0 Å². The monoisotopic (exact) mass is 263 g/mol. The maximum atomic E-state index is 11.7. The van der Waals surface area contributed by atoms with Gasteiger partial charge in [0.2, 0.25) is 0 Å². The number of hydrogen-bond donors (Lipinski definition) is 1. The molecule has 0 aliphatic rings. The number of carbonyl (C=O) groups is 1. The number of hydrogen-bond acceptors (Lipinski definition) is 3. The summed E-state index contributed by atoms with van der Waals surface area (Å²) in [6.07, 6.45) is 2.23. The molecule has 0 heterocycles. The van der Waals surface area contributed by atoms with E-state index in [2.05, 4.69) is 50.4 Å². The summed E-state index contributed by atoms with van der Waals surface area (Å²) in [4.78, 5) is 11.7. The predicted octanol–water partition coefficient (Wildman–Crippen LogP) is 3.03. The van der Waals surface area contributed by atoms with Crippen LogP contribution in [0.5, 0.6) is 0 Å². The van der Waals surface area contributed by atoms with Crippen molar-refractivity contribution in [3.05, 3.63) is 35.4 Å². The Morgan fingerprint density at radius 3 is 2.26 bits per heavy atom. The van der Waals surface area contributed by atoms with Crippen LogP contribution < -0.4 is 5.32 Å². The highest BCUT2D eigenvalue weighted by Gasteiger charge is 2.32. The largest absolute Gasteiger partial charge is 0.469 e. The van der Waals surface area contributed by atoms with Gasteiger partial charge in [0.1, 0.15) is 0 Å². The number of carbonyl (C=O) groups excluding carboxylic acids is 1. The van der Waals surface area contributed by atoms with E-state index in [9.17, 15) is 4.79 Å². The molecule has 0 radical (unpaired) electrons. The number of ether oxygens (including phenoxy) is 1. The van der Waals surface area contributed by atoms with E-state index in [1.165, 1.54) is 12.7 Å². The Kier molecular flexibility index (Phi) is 6.03. The second-order valence-electron chi connectivity index (χ2n) is 4.77. The maximum absolute atomic E-state index is 11.7. The highest BCUT2D eigenvalue weighted by Crippen LogP contribution is 2.29. The van der Waals surface area contributed by atoms with Gasteiger partial charge in [0.15, 0.2) is 0 Å². The molecule has 0 saturated heterocycles. The predicted molar refractivity (Wildman–Crippen MR) is 78.1 cm³/mol. The van der Waals surface area contributed by atoms with Gasteiger partial charge in [-0.1, -0.05) is 45.0 Å². The van der Waals surface area contributed by atoms with Crippen molar-refractivity contribution < 1.29 is 9.53 Å². The summed E-state index contributed by atoms with van der Waals surface area (Å²) in [5.74, 6) is -0.178. The first kappa shape index (κ1) is 15.7. The molecule has 1 aromatic carbocycles. The quantitative estimate of drug-likeness (QED) is 0.768. The summed E-state index contributed by atoms with van der Waals surface area (Å²) in [6.45, 7) is 7.11. The molecule has 0 aliphatic heterocycles. The summed E-state index contributed by atoms with van der Waals surface area (Å²) in [6, 6.07) is 8.50. The summed E-state index contributed by atoms with van der Waals surface area (Å²) < 4.78 is 4.84. The van der Waals surface area contributed by atoms with E-state index in [0.717, 1.165) is 24.9 Å². The zero-order valence-corrected chi connectivity index (χ0v) is 12.5. The van der Waals surface area contributed by atoms with Crippen molar-refractivity contribution in [3.8, 4) is 0 Å². The summed E-state index contributed by atoms with van der Waals surface area (Å²) in [5.41, 5.74) is 2.14. The average Bonchev–Trinajstić information content (AvgIpc) is 2.46. The van der Waals surface area contributed by atoms with Gasteiger partial charge in [-0.25, -0.2) is 0 Å². The van der Waals surface area contributed by atoms with Crippen molar-refractivity contribution in [2.75, 3.05) is 13.7 Å². The maximum Gasteiger partial charge on any atom is 0.307 e. The van der Waals surface area contributed by atoms with Crippen LogP contribution in [-0.2, 0) is 21.5 Å². The highest BCUT2D eigenvalue weighted by atomic mass is 16.5. The number of nitrogens with one attached hydrogen (secondary N) is 1. The van der Waals surface area contributed by atoms with Crippen molar-refractivity contribution in [1.29, 1.82) is 0 Å². The molecule has 0 aliphatic carbocycles. The Morgan fingerprint density at radius 1 is 1.21 bits per heavy atom. The Bertz CT molecular complexity index is 400. The number of aryl methyl sites for hydroxylation is 1. The van der Waals surface area contributed by atoms with Crippen LogP contribution in [0.25, 0.3) is 0 Å². The fraction of sp³-hybridized carbons (Fsp3) is 0.562. The van der Waals surface area contributed by atoms with Crippen LogP contribution >= 0.6 is 0 Å². The average molecular weight is 263 g/mol. The normalized spacial score (nSPS) is 13.9. The first-order valence-electron chi connectivity index (χ1n) is 7.03. The van der Waals surface area contributed by atoms with Gasteiger partial charge in [-0.3, -0.25) is 4.79 Å². The van der Waals surface area contributed by atoms with Crippen LogP contribution in [0.15, 0.2) is 24.3 Å². The molecule has 1 atom stereocenters. The summed E-state index contributed by atoms with van der Waals surface area (Å²) in [5, 5.41) is 3.46. The topological polar surface area (TPSA) is 38.3 Å². The molecule has 0 saturated carbocycles. The number of methoxy groups -OCH3 is 1. The zero-order chi connectivity index (χ0) is 14.3. The van der Waals surface area contributed by atoms with Crippen molar-refractivity contribution in [3.63, 3.8) is 0 Å². The lowest BCUT2D eigenvalue weighted by Crippen LogP contribution is -2.43. The van der Waals surface area contributed by atoms with E-state index in [1.807, 2.05) is 0 Å². The van der Waals surface area contributed by atoms with Gasteiger partial charge in [-0.05, 0) is 30.5 Å². The molecule has 0 fully saturated rings. The van der Waals surface area contributed by atoms with Crippen LogP contribution in [0.3, 0.4) is 0 Å². The van der Waals surface area contributed by atoms with E-state index in [0.29, 0.717) is 6.42 Å². The van der Waals surface area contributed by atoms with Gasteiger partial charge in [0, 0.05) is 0 Å². The lowest BCUT2D eigenvalue weighted by atomic mass is 9.83. The van der Waals surface area contributed by atoms with Crippen LogP contribution in [0.4, 0.5) is 0 Å². The van der Waals surface area contributed by atoms with Gasteiger partial charge in [0.25, 0.3) is 0 Å². The molecule has 3 heteroatoms. The highest BCUT2D eigenvalue weighted by molar-refractivity contribution is 5.71. The molecule has 1 rings (SSSR count). The van der Waals surface area contributed by atoms with Crippen molar-refractivity contribution >= 4 is 5.97 Å². The molecule has 1 unspecified atom stereocenters. The van der Waals surface area contributed by atoms with E-state index in [4.69, 9.17) is 4.74 Å². The summed E-state index contributed by atoms with van der Waals surface area (Å²) >= 11 is 0. The third-order valence-electron chi connectivity index (χ3n) is 3.71. The van der Waals surface area contributed by atoms with Crippen LogP contribution in [0.2, 0.25) is 0 Å². The van der Waals surface area contributed by atoms with Crippen molar-refractivity contribution in [2.45, 2.75) is 45.6 Å². The lowest BCUT2D eigenvalue weighted by molar-refractivity contribution is -0.142. The van der Waals surface area contributed by atoms with Crippen LogP contribution in [0.1, 0.15) is 44.7 Å². The first-order valence-corrected chi connectivity index (χ1v) is 7.03. The zero-order valence-electron chi connectivity index (χ0n) is 12.5. The lowest BCUT2D eigenvalue weighted by Gasteiger charge is -2.33. The fourth-order valence-electron chi connectivity index (χ4n) is 2.44. The second-order valence-corrected chi connectivity index (χ2v) is 4.77. The number of esters is 1. The third-order valence-corrected chi connectivity index (χ3v) is 3.71. The molecule has 0 amide bonds. The Morgan fingerprint density at radius 2 is 1.84 bits per heavy atom. The molecule has 1 aromatic rings. The van der Waals surface area contributed by atoms with E-state index in [1.54, 1.807) is 0 Å². The molecule has 0 bridgehead atoms. The van der Waals surface area contributed by atoms with Gasteiger partial charge >= 0.3 is 5.97 Å². The SMILES string of the molecule is CCNC(CC)(CC(=O)OC)c1ccc(CC)cc1. The second kappa shape index (κ2) is 7.29. The van der Waals surface area contributed by atoms with Gasteiger partial charge in [0.05, 0.1) is 19.1 Å². The minimum Gasteiger partial charge on any atom is -0.469 e.